The molecule has 0 aliphatic rings. The normalized spacial score (nSPS) is 11.1. The van der Waals surface area contributed by atoms with Crippen molar-refractivity contribution < 1.29 is 4.79 Å². The van der Waals surface area contributed by atoms with Crippen LogP contribution in [0.15, 0.2) is 35.5 Å². The number of nitrogens with one attached hydrogen (secondary N) is 3. The summed E-state index contributed by atoms with van der Waals surface area (Å²) < 4.78 is 1.73. The minimum Gasteiger partial charge on any atom is -0.355 e. The van der Waals surface area contributed by atoms with Gasteiger partial charge in [0.05, 0.1) is 5.75 Å². The van der Waals surface area contributed by atoms with E-state index < -0.39 is 0 Å². The standard InChI is InChI=1S/C20H29N9OS/c1-4-21-17-24-18(22-5-2)29-19(25-17)26-27-20(29)31-14-16(30)23-11-12-28(3)13-15-9-7-6-8-10-15/h6-10H,4-5,11-14H2,1-3H3,(H,23,30)(H2,21,22,24,25,26). The van der Waals surface area contributed by atoms with Crippen molar-refractivity contribution >= 4 is 35.3 Å². The maximum absolute atomic E-state index is 12.3. The quantitative estimate of drug-likeness (QED) is 0.360. The maximum Gasteiger partial charge on any atom is 0.261 e. The van der Waals surface area contributed by atoms with Gasteiger partial charge in [-0.15, -0.1) is 10.2 Å². The number of thioether (sulfide) groups is 1. The van der Waals surface area contributed by atoms with Gasteiger partial charge in [-0.25, -0.2) is 4.40 Å². The highest BCUT2D eigenvalue weighted by molar-refractivity contribution is 7.99. The average Bonchev–Trinajstić information content (AvgIpc) is 3.16. The van der Waals surface area contributed by atoms with Crippen molar-refractivity contribution in [3.63, 3.8) is 0 Å². The number of carbonyl (C=O) groups excluding carboxylic acids is 1. The zero-order valence-corrected chi connectivity index (χ0v) is 18.9. The lowest BCUT2D eigenvalue weighted by molar-refractivity contribution is -0.118. The summed E-state index contributed by atoms with van der Waals surface area (Å²) in [6, 6.07) is 10.3. The predicted molar refractivity (Wildman–Crippen MR) is 123 cm³/mol. The Kier molecular flexibility index (Phi) is 8.42. The smallest absolute Gasteiger partial charge is 0.261 e. The summed E-state index contributed by atoms with van der Waals surface area (Å²) in [4.78, 5) is 23.3. The summed E-state index contributed by atoms with van der Waals surface area (Å²) in [5.74, 6) is 1.72. The lowest BCUT2D eigenvalue weighted by atomic mass is 10.2. The Bertz CT molecular complexity index is 979. The molecular formula is C20H29N9OS. The van der Waals surface area contributed by atoms with E-state index in [0.29, 0.717) is 42.5 Å². The fourth-order valence-corrected chi connectivity index (χ4v) is 3.70. The van der Waals surface area contributed by atoms with Crippen LogP contribution in [0.2, 0.25) is 0 Å². The second-order valence-electron chi connectivity index (χ2n) is 6.91. The number of aromatic nitrogens is 5. The van der Waals surface area contributed by atoms with Crippen LogP contribution in [0.1, 0.15) is 19.4 Å². The second-order valence-corrected chi connectivity index (χ2v) is 7.85. The number of fused-ring (bicyclic) bond motifs is 1. The Balaban J connectivity index is 1.51. The van der Waals surface area contributed by atoms with E-state index in [9.17, 15) is 4.79 Å². The molecule has 0 aliphatic carbocycles. The minimum absolute atomic E-state index is 0.0509. The molecule has 0 unspecified atom stereocenters. The van der Waals surface area contributed by atoms with Crippen LogP contribution in [-0.4, -0.2) is 74.4 Å². The van der Waals surface area contributed by atoms with Crippen molar-refractivity contribution in [3.05, 3.63) is 35.9 Å². The van der Waals surface area contributed by atoms with Crippen molar-refractivity contribution in [3.8, 4) is 0 Å². The Labute approximate surface area is 186 Å². The highest BCUT2D eigenvalue weighted by atomic mass is 32.2. The zero-order valence-electron chi connectivity index (χ0n) is 18.1. The van der Waals surface area contributed by atoms with Gasteiger partial charge in [-0.2, -0.15) is 9.97 Å². The van der Waals surface area contributed by atoms with Crippen molar-refractivity contribution in [2.75, 3.05) is 49.6 Å². The molecule has 166 valence electrons. The van der Waals surface area contributed by atoms with Gasteiger partial charge in [0.2, 0.25) is 17.8 Å². The lowest BCUT2D eigenvalue weighted by Gasteiger charge is -2.17. The number of likely N-dealkylation sites (N-methyl/N-ethyl adjacent to an activating group) is 1. The Morgan fingerprint density at radius 2 is 1.87 bits per heavy atom. The molecule has 0 saturated heterocycles. The minimum atomic E-state index is -0.0509. The second kappa shape index (κ2) is 11.5. The molecule has 1 amide bonds. The Morgan fingerprint density at radius 1 is 1.10 bits per heavy atom. The van der Waals surface area contributed by atoms with Crippen LogP contribution in [0.3, 0.4) is 0 Å². The van der Waals surface area contributed by atoms with E-state index in [1.54, 1.807) is 4.40 Å². The van der Waals surface area contributed by atoms with Gasteiger partial charge in [-0.3, -0.25) is 4.79 Å². The zero-order chi connectivity index (χ0) is 22.1. The molecule has 3 rings (SSSR count). The molecule has 3 aromatic rings. The van der Waals surface area contributed by atoms with E-state index in [1.165, 1.54) is 17.3 Å². The van der Waals surface area contributed by atoms with Crippen molar-refractivity contribution in [1.29, 1.82) is 0 Å². The van der Waals surface area contributed by atoms with E-state index in [1.807, 2.05) is 39.1 Å². The molecule has 1 aromatic carbocycles. The first-order chi connectivity index (χ1) is 15.1. The number of hydrogen-bond donors (Lipinski definition) is 3. The fourth-order valence-electron chi connectivity index (χ4n) is 2.94. The molecule has 3 N–H and O–H groups in total. The molecule has 0 aliphatic heterocycles. The SMILES string of the molecule is CCNc1nc(NCC)n2c(SCC(=O)NCCN(C)Cc3ccccc3)nnc2n1. The Morgan fingerprint density at radius 3 is 2.61 bits per heavy atom. The van der Waals surface area contributed by atoms with E-state index in [0.717, 1.165) is 13.1 Å². The molecule has 0 atom stereocenters. The number of anilines is 2. The highest BCUT2D eigenvalue weighted by Crippen LogP contribution is 2.20. The summed E-state index contributed by atoms with van der Waals surface area (Å²) in [5.41, 5.74) is 1.25. The number of amides is 1. The number of nitrogens with zero attached hydrogens (tertiary/aromatic N) is 6. The molecule has 0 saturated carbocycles. The largest absolute Gasteiger partial charge is 0.355 e. The van der Waals surface area contributed by atoms with Gasteiger partial charge in [-0.1, -0.05) is 42.1 Å². The van der Waals surface area contributed by atoms with Gasteiger partial charge in [0.1, 0.15) is 0 Å². The monoisotopic (exact) mass is 443 g/mol. The average molecular weight is 444 g/mol. The molecular weight excluding hydrogens is 414 g/mol. The van der Waals surface area contributed by atoms with Crippen LogP contribution in [0.5, 0.6) is 0 Å². The molecule has 0 radical (unpaired) electrons. The molecule has 31 heavy (non-hydrogen) atoms. The third-order valence-electron chi connectivity index (χ3n) is 4.36. The van der Waals surface area contributed by atoms with E-state index in [-0.39, 0.29) is 11.7 Å². The predicted octanol–water partition coefficient (Wildman–Crippen LogP) is 1.72. The summed E-state index contributed by atoms with van der Waals surface area (Å²) in [5, 5.41) is 18.1. The third-order valence-corrected chi connectivity index (χ3v) is 5.29. The molecule has 11 heteroatoms. The van der Waals surface area contributed by atoms with Crippen LogP contribution in [0.25, 0.3) is 5.78 Å². The van der Waals surface area contributed by atoms with Gasteiger partial charge < -0.3 is 20.9 Å². The van der Waals surface area contributed by atoms with Gasteiger partial charge in [0.25, 0.3) is 5.78 Å². The molecule has 0 bridgehead atoms. The van der Waals surface area contributed by atoms with Crippen LogP contribution < -0.4 is 16.0 Å². The first-order valence-corrected chi connectivity index (χ1v) is 11.3. The number of benzene rings is 1. The van der Waals surface area contributed by atoms with Crippen molar-refractivity contribution in [2.45, 2.75) is 25.5 Å². The van der Waals surface area contributed by atoms with E-state index in [2.05, 4.69) is 53.1 Å². The van der Waals surface area contributed by atoms with Crippen LogP contribution in [-0.2, 0) is 11.3 Å². The maximum atomic E-state index is 12.3. The third kappa shape index (κ3) is 6.53. The first kappa shape index (κ1) is 22.8. The Hall–Kier alpha value is -2.92. The fraction of sp³-hybridized carbons (Fsp3) is 0.450. The summed E-state index contributed by atoms with van der Waals surface area (Å²) in [7, 11) is 2.04. The van der Waals surface area contributed by atoms with Crippen LogP contribution >= 0.6 is 11.8 Å². The van der Waals surface area contributed by atoms with Gasteiger partial charge in [0, 0.05) is 32.7 Å². The van der Waals surface area contributed by atoms with Gasteiger partial charge in [-0.05, 0) is 26.5 Å². The van der Waals surface area contributed by atoms with Crippen LogP contribution in [0, 0.1) is 0 Å². The van der Waals surface area contributed by atoms with Crippen LogP contribution in [0.4, 0.5) is 11.9 Å². The highest BCUT2D eigenvalue weighted by Gasteiger charge is 2.15. The van der Waals surface area contributed by atoms with Gasteiger partial charge in [0.15, 0.2) is 5.16 Å². The first-order valence-electron chi connectivity index (χ1n) is 10.3. The molecule has 10 nitrogen and oxygen atoms in total. The summed E-state index contributed by atoms with van der Waals surface area (Å²) in [6.45, 7) is 7.56. The summed E-state index contributed by atoms with van der Waals surface area (Å²) in [6.07, 6.45) is 0. The number of hydrogen-bond acceptors (Lipinski definition) is 9. The number of carbonyl (C=O) groups is 1. The van der Waals surface area contributed by atoms with E-state index in [4.69, 9.17) is 0 Å². The van der Waals surface area contributed by atoms with Crippen molar-refractivity contribution in [2.24, 2.45) is 0 Å². The van der Waals surface area contributed by atoms with Gasteiger partial charge >= 0.3 is 0 Å². The molecule has 0 fully saturated rings. The van der Waals surface area contributed by atoms with E-state index >= 15 is 0 Å². The number of rotatable bonds is 12. The topological polar surface area (TPSA) is 112 Å². The molecule has 2 heterocycles. The summed E-state index contributed by atoms with van der Waals surface area (Å²) >= 11 is 1.31. The molecule has 0 spiro atoms. The molecule has 2 aromatic heterocycles. The lowest BCUT2D eigenvalue weighted by Crippen LogP contribution is -2.33. The van der Waals surface area contributed by atoms with Crippen molar-refractivity contribution in [1.82, 2.24) is 34.8 Å².